The third-order valence-corrected chi connectivity index (χ3v) is 5.96. The minimum atomic E-state index is -5.43. The standard InChI is InChI=1S/C21H16BrClF9N3O4/c1-4-6-34-15(36)13(23)14(21(30,31)32)33-18(34)35(16(38-3)17(37)39-5-2)11-8-9(19(24,25)26)7-10(12(11)22)20(27,28)29/h4,7-8,16H,1,5-6H2,2-3H3. The first-order valence-corrected chi connectivity index (χ1v) is 11.4. The maximum Gasteiger partial charge on any atom is 0.435 e. The number of anilines is 2. The summed E-state index contributed by atoms with van der Waals surface area (Å²) in [6, 6.07) is -0.165. The normalized spacial score (nSPS) is 13.3. The molecule has 0 fully saturated rings. The number of allylic oxidation sites excluding steroid dienone is 1. The molecule has 0 bridgehead atoms. The Balaban J connectivity index is 3.23. The van der Waals surface area contributed by atoms with Crippen LogP contribution in [0.2, 0.25) is 5.02 Å². The lowest BCUT2D eigenvalue weighted by atomic mass is 10.1. The van der Waals surface area contributed by atoms with E-state index < -0.39 is 80.8 Å². The first-order chi connectivity index (χ1) is 17.8. The molecule has 2 aromatic rings. The summed E-state index contributed by atoms with van der Waals surface area (Å²) in [5, 5.41) is -1.46. The maximum atomic E-state index is 13.8. The van der Waals surface area contributed by atoms with Crippen LogP contribution >= 0.6 is 27.5 Å². The van der Waals surface area contributed by atoms with E-state index in [1.807, 2.05) is 0 Å². The van der Waals surface area contributed by atoms with Gasteiger partial charge in [-0.25, -0.2) is 9.78 Å². The summed E-state index contributed by atoms with van der Waals surface area (Å²) in [5.74, 6) is -2.72. The number of benzene rings is 1. The molecule has 0 aliphatic rings. The number of carbonyl (C=O) groups is 1. The second-order valence-corrected chi connectivity index (χ2v) is 8.51. The Hall–Kier alpha value is -2.79. The van der Waals surface area contributed by atoms with Crippen LogP contribution in [-0.2, 0) is 39.3 Å². The first kappa shape index (κ1) is 32.4. The van der Waals surface area contributed by atoms with Gasteiger partial charge in [0.25, 0.3) is 5.56 Å². The van der Waals surface area contributed by atoms with Gasteiger partial charge in [-0.05, 0) is 35.0 Å². The molecule has 0 N–H and O–H groups in total. The molecule has 0 saturated heterocycles. The van der Waals surface area contributed by atoms with Crippen LogP contribution < -0.4 is 10.5 Å². The summed E-state index contributed by atoms with van der Waals surface area (Å²) < 4.78 is 132. The SMILES string of the molecule is C=CCn1c(N(c2cc(C(F)(F)F)cc(C(F)(F)F)c2Br)C(OC)C(=O)OCC)nc(C(F)(F)F)c(Cl)c1=O. The molecule has 39 heavy (non-hydrogen) atoms. The van der Waals surface area contributed by atoms with Crippen LogP contribution in [0, 0.1) is 0 Å². The Kier molecular flexibility index (Phi) is 9.77. The zero-order valence-electron chi connectivity index (χ0n) is 19.6. The summed E-state index contributed by atoms with van der Waals surface area (Å²) in [5.41, 5.74) is -8.65. The lowest BCUT2D eigenvalue weighted by Gasteiger charge is -2.33. The Labute approximate surface area is 226 Å². The highest BCUT2D eigenvalue weighted by atomic mass is 79.9. The van der Waals surface area contributed by atoms with Crippen molar-refractivity contribution in [3.05, 3.63) is 61.5 Å². The molecular weight excluding hydrogens is 645 g/mol. The summed E-state index contributed by atoms with van der Waals surface area (Å²) >= 11 is 8.11. The summed E-state index contributed by atoms with van der Waals surface area (Å²) in [7, 11) is 0.761. The number of ether oxygens (including phenoxy) is 2. The molecule has 1 aromatic carbocycles. The topological polar surface area (TPSA) is 73.7 Å². The Morgan fingerprint density at radius 2 is 1.74 bits per heavy atom. The fourth-order valence-electron chi connectivity index (χ4n) is 3.20. The number of halogens is 11. The van der Waals surface area contributed by atoms with Crippen LogP contribution in [0.4, 0.5) is 51.1 Å². The number of nitrogens with zero attached hydrogens (tertiary/aromatic N) is 3. The Morgan fingerprint density at radius 3 is 2.18 bits per heavy atom. The van der Waals surface area contributed by atoms with Gasteiger partial charge in [0, 0.05) is 13.7 Å². The van der Waals surface area contributed by atoms with E-state index >= 15 is 0 Å². The number of hydrogen-bond donors (Lipinski definition) is 0. The zero-order chi connectivity index (χ0) is 30.1. The number of hydrogen-bond acceptors (Lipinski definition) is 6. The fourth-order valence-corrected chi connectivity index (χ4v) is 4.10. The van der Waals surface area contributed by atoms with Crippen molar-refractivity contribution >= 4 is 45.1 Å². The molecular formula is C21H16BrClF9N3O4. The third kappa shape index (κ3) is 6.87. The quantitative estimate of drug-likeness (QED) is 0.138. The molecule has 0 radical (unpaired) electrons. The largest absolute Gasteiger partial charge is 0.463 e. The van der Waals surface area contributed by atoms with Crippen molar-refractivity contribution in [2.24, 2.45) is 0 Å². The van der Waals surface area contributed by atoms with Crippen LogP contribution in [0.25, 0.3) is 0 Å². The predicted octanol–water partition coefficient (Wildman–Crippen LogP) is 6.58. The fraction of sp³-hybridized carbons (Fsp3) is 0.381. The number of esters is 1. The van der Waals surface area contributed by atoms with Gasteiger partial charge in [-0.3, -0.25) is 14.3 Å². The van der Waals surface area contributed by atoms with E-state index in [0.717, 1.165) is 13.2 Å². The molecule has 0 spiro atoms. The van der Waals surface area contributed by atoms with Crippen LogP contribution in [0.15, 0.2) is 34.1 Å². The average molecular weight is 661 g/mol. The highest BCUT2D eigenvalue weighted by molar-refractivity contribution is 9.10. The average Bonchev–Trinajstić information content (AvgIpc) is 2.79. The van der Waals surface area contributed by atoms with E-state index in [0.29, 0.717) is 4.57 Å². The molecule has 1 atom stereocenters. The lowest BCUT2D eigenvalue weighted by molar-refractivity contribution is -0.154. The minimum Gasteiger partial charge on any atom is -0.463 e. The molecule has 7 nitrogen and oxygen atoms in total. The van der Waals surface area contributed by atoms with Crippen LogP contribution in [0.3, 0.4) is 0 Å². The monoisotopic (exact) mass is 659 g/mol. The van der Waals surface area contributed by atoms with Gasteiger partial charge in [0.1, 0.15) is 5.02 Å². The first-order valence-electron chi connectivity index (χ1n) is 10.3. The predicted molar refractivity (Wildman–Crippen MR) is 122 cm³/mol. The highest BCUT2D eigenvalue weighted by Gasteiger charge is 2.44. The van der Waals surface area contributed by atoms with Crippen LogP contribution in [0.1, 0.15) is 23.7 Å². The molecule has 1 heterocycles. The zero-order valence-corrected chi connectivity index (χ0v) is 21.9. The highest BCUT2D eigenvalue weighted by Crippen LogP contribution is 2.46. The molecule has 1 unspecified atom stereocenters. The van der Waals surface area contributed by atoms with E-state index in [1.165, 1.54) is 6.92 Å². The third-order valence-electron chi connectivity index (χ3n) is 4.78. The maximum absolute atomic E-state index is 13.8. The van der Waals surface area contributed by atoms with E-state index in [9.17, 15) is 49.1 Å². The molecule has 2 rings (SSSR count). The van der Waals surface area contributed by atoms with E-state index in [-0.39, 0.29) is 23.6 Å². The number of methoxy groups -OCH3 is 1. The van der Waals surface area contributed by atoms with E-state index in [1.54, 1.807) is 0 Å². The molecule has 216 valence electrons. The summed E-state index contributed by atoms with van der Waals surface area (Å²) in [4.78, 5) is 28.9. The Morgan fingerprint density at radius 1 is 1.15 bits per heavy atom. The van der Waals surface area contributed by atoms with Crippen molar-refractivity contribution in [3.8, 4) is 0 Å². The number of aromatic nitrogens is 2. The number of alkyl halides is 9. The summed E-state index contributed by atoms with van der Waals surface area (Å²) in [6.07, 6.45) is -17.7. The minimum absolute atomic E-state index is 0.0941. The van der Waals surface area contributed by atoms with E-state index in [2.05, 4.69) is 27.5 Å². The van der Waals surface area contributed by atoms with Gasteiger partial charge >= 0.3 is 24.5 Å². The van der Waals surface area contributed by atoms with Crippen LogP contribution in [-0.4, -0.2) is 35.5 Å². The molecule has 18 heteroatoms. The molecule has 0 aliphatic carbocycles. The van der Waals surface area contributed by atoms with Gasteiger partial charge in [-0.2, -0.15) is 39.5 Å². The van der Waals surface area contributed by atoms with Gasteiger partial charge in [-0.1, -0.05) is 17.7 Å². The second-order valence-electron chi connectivity index (χ2n) is 7.34. The molecule has 1 aromatic heterocycles. The van der Waals surface area contributed by atoms with Gasteiger partial charge < -0.3 is 9.47 Å². The smallest absolute Gasteiger partial charge is 0.435 e. The van der Waals surface area contributed by atoms with Crippen molar-refractivity contribution in [1.82, 2.24) is 9.55 Å². The van der Waals surface area contributed by atoms with Gasteiger partial charge in [-0.15, -0.1) is 6.58 Å². The van der Waals surface area contributed by atoms with Gasteiger partial charge in [0.05, 0.1) is 27.9 Å². The number of carbonyl (C=O) groups excluding carboxylic acids is 1. The summed E-state index contributed by atoms with van der Waals surface area (Å²) in [6.45, 7) is 3.51. The van der Waals surface area contributed by atoms with Crippen molar-refractivity contribution in [1.29, 1.82) is 0 Å². The van der Waals surface area contributed by atoms with Gasteiger partial charge in [0.2, 0.25) is 12.2 Å². The van der Waals surface area contributed by atoms with E-state index in [4.69, 9.17) is 21.1 Å². The van der Waals surface area contributed by atoms with Crippen LogP contribution in [0.5, 0.6) is 0 Å². The lowest BCUT2D eigenvalue weighted by Crippen LogP contribution is -2.45. The van der Waals surface area contributed by atoms with Crippen molar-refractivity contribution in [3.63, 3.8) is 0 Å². The molecule has 0 saturated carbocycles. The van der Waals surface area contributed by atoms with Crippen molar-refractivity contribution in [2.45, 2.75) is 38.2 Å². The molecule has 0 aliphatic heterocycles. The van der Waals surface area contributed by atoms with Crippen molar-refractivity contribution < 1.29 is 53.8 Å². The second kappa shape index (κ2) is 11.8. The molecule has 0 amide bonds. The Bertz CT molecular complexity index is 1310. The van der Waals surface area contributed by atoms with Crippen molar-refractivity contribution in [2.75, 3.05) is 18.6 Å². The number of rotatable bonds is 8. The van der Waals surface area contributed by atoms with Gasteiger partial charge in [0.15, 0.2) is 5.69 Å².